The van der Waals surface area contributed by atoms with E-state index in [1.165, 1.54) is 89.9 Å². The van der Waals surface area contributed by atoms with E-state index in [1.807, 2.05) is 0 Å². The molecule has 0 radical (unpaired) electrons. The van der Waals surface area contributed by atoms with Crippen molar-refractivity contribution >= 4 is 10.8 Å². The van der Waals surface area contributed by atoms with Crippen molar-refractivity contribution in [3.05, 3.63) is 0 Å². The first-order chi connectivity index (χ1) is 9.81. The molecule has 20 heavy (non-hydrogen) atoms. The average molecular weight is 303 g/mol. The highest BCUT2D eigenvalue weighted by Gasteiger charge is 2.00. The van der Waals surface area contributed by atoms with Crippen molar-refractivity contribution in [2.24, 2.45) is 0 Å². The van der Waals surface area contributed by atoms with Crippen LogP contribution in [0.4, 0.5) is 0 Å². The Kier molecular flexibility index (Phi) is 17.3. The highest BCUT2D eigenvalue weighted by molar-refractivity contribution is 7.84. The van der Waals surface area contributed by atoms with Gasteiger partial charge in [-0.2, -0.15) is 0 Å². The average Bonchev–Trinajstić information content (AvgIpc) is 2.45. The third kappa shape index (κ3) is 16.2. The summed E-state index contributed by atoms with van der Waals surface area (Å²) in [6.07, 6.45) is 18.5. The maximum absolute atomic E-state index is 11.8. The smallest absolute Gasteiger partial charge is 0.0234 e. The highest BCUT2D eigenvalue weighted by Crippen LogP contribution is 2.09. The zero-order chi connectivity index (χ0) is 14.9. The van der Waals surface area contributed by atoms with Gasteiger partial charge in [-0.1, -0.05) is 90.9 Å². The van der Waals surface area contributed by atoms with Gasteiger partial charge in [0.25, 0.3) is 0 Å². The van der Waals surface area contributed by atoms with Gasteiger partial charge in [-0.25, -0.2) is 0 Å². The van der Waals surface area contributed by atoms with Gasteiger partial charge in [0.1, 0.15) is 0 Å². The molecule has 1 atom stereocenters. The van der Waals surface area contributed by atoms with E-state index in [0.717, 1.165) is 11.5 Å². The van der Waals surface area contributed by atoms with Crippen molar-refractivity contribution in [1.82, 2.24) is 0 Å². The van der Waals surface area contributed by atoms with Gasteiger partial charge in [0.15, 0.2) is 0 Å². The van der Waals surface area contributed by atoms with Crippen LogP contribution in [0.3, 0.4) is 0 Å². The molecule has 0 aromatic heterocycles. The van der Waals surface area contributed by atoms with E-state index in [0.29, 0.717) is 0 Å². The second-order valence-corrected chi connectivity index (χ2v) is 7.79. The first-order valence-corrected chi connectivity index (χ1v) is 10.6. The minimum Gasteiger partial charge on any atom is -0.260 e. The summed E-state index contributed by atoms with van der Waals surface area (Å²) < 4.78 is 11.8. The maximum atomic E-state index is 11.8. The van der Waals surface area contributed by atoms with Crippen molar-refractivity contribution in [3.63, 3.8) is 0 Å². The number of unbranched alkanes of at least 4 members (excludes halogenated alkanes) is 12. The van der Waals surface area contributed by atoms with Crippen molar-refractivity contribution in [1.29, 1.82) is 0 Å². The van der Waals surface area contributed by atoms with Crippen LogP contribution in [-0.4, -0.2) is 15.7 Å². The van der Waals surface area contributed by atoms with Gasteiger partial charge < -0.3 is 0 Å². The summed E-state index contributed by atoms with van der Waals surface area (Å²) in [4.78, 5) is 0. The lowest BCUT2D eigenvalue weighted by atomic mass is 10.1. The summed E-state index contributed by atoms with van der Waals surface area (Å²) in [6.45, 7) is 4.51. The van der Waals surface area contributed by atoms with Crippen molar-refractivity contribution < 1.29 is 4.21 Å². The summed E-state index contributed by atoms with van der Waals surface area (Å²) in [6, 6.07) is 0. The van der Waals surface area contributed by atoms with Crippen LogP contribution in [-0.2, 0) is 10.8 Å². The zero-order valence-corrected chi connectivity index (χ0v) is 14.9. The zero-order valence-electron chi connectivity index (χ0n) is 14.1. The van der Waals surface area contributed by atoms with Gasteiger partial charge >= 0.3 is 0 Å². The van der Waals surface area contributed by atoms with E-state index >= 15 is 0 Å². The lowest BCUT2D eigenvalue weighted by molar-refractivity contribution is 0.584. The number of hydrogen-bond donors (Lipinski definition) is 0. The number of hydrogen-bond acceptors (Lipinski definition) is 1. The Bertz CT molecular complexity index is 204. The Morgan fingerprint density at radius 3 is 1.15 bits per heavy atom. The van der Waals surface area contributed by atoms with Crippen LogP contribution in [0.1, 0.15) is 104 Å². The van der Waals surface area contributed by atoms with Gasteiger partial charge in [-0.05, 0) is 12.8 Å². The summed E-state index contributed by atoms with van der Waals surface area (Å²) in [7, 11) is -0.537. The molecule has 0 saturated heterocycles. The van der Waals surface area contributed by atoms with Gasteiger partial charge in [-0.15, -0.1) is 0 Å². The molecule has 0 spiro atoms. The van der Waals surface area contributed by atoms with Gasteiger partial charge in [0.2, 0.25) is 0 Å². The lowest BCUT2D eigenvalue weighted by Crippen LogP contribution is -2.02. The molecule has 0 amide bonds. The predicted molar refractivity (Wildman–Crippen MR) is 93.9 cm³/mol. The molecule has 122 valence electrons. The van der Waals surface area contributed by atoms with Gasteiger partial charge in [-0.3, -0.25) is 4.21 Å². The molecule has 1 nitrogen and oxygen atoms in total. The minimum absolute atomic E-state index is 0.537. The third-order valence-corrected chi connectivity index (χ3v) is 5.44. The Labute approximate surface area is 130 Å². The van der Waals surface area contributed by atoms with E-state index in [2.05, 4.69) is 13.8 Å². The largest absolute Gasteiger partial charge is 0.260 e. The molecule has 0 aromatic rings. The Balaban J connectivity index is 3.12. The topological polar surface area (TPSA) is 17.1 Å². The van der Waals surface area contributed by atoms with Crippen LogP contribution in [0.25, 0.3) is 0 Å². The highest BCUT2D eigenvalue weighted by atomic mass is 32.2. The normalized spacial score (nSPS) is 12.7. The van der Waals surface area contributed by atoms with Crippen molar-refractivity contribution in [3.8, 4) is 0 Å². The van der Waals surface area contributed by atoms with Crippen LogP contribution >= 0.6 is 0 Å². The molecule has 0 heterocycles. The fourth-order valence-corrected chi connectivity index (χ4v) is 3.80. The molecule has 1 unspecified atom stereocenters. The van der Waals surface area contributed by atoms with Crippen LogP contribution in [0.15, 0.2) is 0 Å². The molecular formula is C18H38OS. The fourth-order valence-electron chi connectivity index (χ4n) is 2.54. The molecule has 0 rings (SSSR count). The van der Waals surface area contributed by atoms with Gasteiger partial charge in [0.05, 0.1) is 0 Å². The third-order valence-electron chi connectivity index (χ3n) is 3.95. The summed E-state index contributed by atoms with van der Waals surface area (Å²) in [5, 5.41) is 0. The quantitative estimate of drug-likeness (QED) is 0.309. The molecule has 0 N–H and O–H groups in total. The monoisotopic (exact) mass is 302 g/mol. The number of rotatable bonds is 16. The van der Waals surface area contributed by atoms with E-state index < -0.39 is 10.8 Å². The molecule has 0 aliphatic rings. The molecule has 0 fully saturated rings. The standard InChI is InChI=1S/C18H38OS/c1-3-5-7-9-11-12-14-16-18-20(19)17-15-13-10-8-6-4-2/h3-18H2,1-2H3. The molecular weight excluding hydrogens is 264 g/mol. The first kappa shape index (κ1) is 20.1. The Morgan fingerprint density at radius 2 is 0.800 bits per heavy atom. The van der Waals surface area contributed by atoms with E-state index in [1.54, 1.807) is 0 Å². The molecule has 0 aliphatic heterocycles. The predicted octanol–water partition coefficient (Wildman–Crippen LogP) is 6.24. The van der Waals surface area contributed by atoms with Gasteiger partial charge in [0, 0.05) is 22.3 Å². The lowest BCUT2D eigenvalue weighted by Gasteiger charge is -2.03. The van der Waals surface area contributed by atoms with Crippen molar-refractivity contribution in [2.75, 3.05) is 11.5 Å². The summed E-state index contributed by atoms with van der Waals surface area (Å²) >= 11 is 0. The van der Waals surface area contributed by atoms with Crippen LogP contribution in [0, 0.1) is 0 Å². The van der Waals surface area contributed by atoms with Crippen LogP contribution in [0.5, 0.6) is 0 Å². The van der Waals surface area contributed by atoms with E-state index in [4.69, 9.17) is 0 Å². The molecule has 0 saturated carbocycles. The molecule has 0 bridgehead atoms. The second kappa shape index (κ2) is 17.2. The van der Waals surface area contributed by atoms with Crippen LogP contribution in [0.2, 0.25) is 0 Å². The fraction of sp³-hybridized carbons (Fsp3) is 1.00. The first-order valence-electron chi connectivity index (χ1n) is 9.16. The summed E-state index contributed by atoms with van der Waals surface area (Å²) in [5.74, 6) is 1.90. The second-order valence-electron chi connectivity index (χ2n) is 6.09. The Morgan fingerprint density at radius 1 is 0.500 bits per heavy atom. The summed E-state index contributed by atoms with van der Waals surface area (Å²) in [5.41, 5.74) is 0. The van der Waals surface area contributed by atoms with E-state index in [9.17, 15) is 4.21 Å². The molecule has 2 heteroatoms. The molecule has 0 aliphatic carbocycles. The SMILES string of the molecule is CCCCCCCCCCS(=O)CCCCCCCC. The minimum atomic E-state index is -0.537. The van der Waals surface area contributed by atoms with Crippen LogP contribution < -0.4 is 0 Å². The van der Waals surface area contributed by atoms with E-state index in [-0.39, 0.29) is 0 Å². The molecule has 0 aromatic carbocycles. The maximum Gasteiger partial charge on any atom is 0.0234 e. The Hall–Kier alpha value is 0.150. The van der Waals surface area contributed by atoms with Crippen molar-refractivity contribution in [2.45, 2.75) is 104 Å².